The zero-order chi connectivity index (χ0) is 13.4. The highest BCUT2D eigenvalue weighted by atomic mass is 16.3. The first kappa shape index (κ1) is 15.2. The molecular formula is C15H25NO2. The summed E-state index contributed by atoms with van der Waals surface area (Å²) in [6.45, 7) is 4.02. The lowest BCUT2D eigenvalue weighted by Gasteiger charge is -2.35. The molecule has 1 rings (SSSR count). The van der Waals surface area contributed by atoms with E-state index >= 15 is 0 Å². The second kappa shape index (κ2) is 7.52. The molecule has 1 unspecified atom stereocenters. The van der Waals surface area contributed by atoms with E-state index in [9.17, 15) is 10.2 Å². The summed E-state index contributed by atoms with van der Waals surface area (Å²) in [5.41, 5.74) is 0.620. The van der Waals surface area contributed by atoms with Crippen LogP contribution in [0.2, 0.25) is 0 Å². The summed E-state index contributed by atoms with van der Waals surface area (Å²) < 4.78 is 0. The van der Waals surface area contributed by atoms with Gasteiger partial charge in [0, 0.05) is 6.04 Å². The van der Waals surface area contributed by atoms with Crippen molar-refractivity contribution in [2.45, 2.75) is 44.7 Å². The molecule has 18 heavy (non-hydrogen) atoms. The van der Waals surface area contributed by atoms with Crippen LogP contribution >= 0.6 is 0 Å². The lowest BCUT2D eigenvalue weighted by Crippen LogP contribution is -2.52. The van der Waals surface area contributed by atoms with Crippen molar-refractivity contribution in [3.63, 3.8) is 0 Å². The van der Waals surface area contributed by atoms with E-state index < -0.39 is 5.54 Å². The number of aliphatic hydroxyl groups excluding tert-OH is 2. The summed E-state index contributed by atoms with van der Waals surface area (Å²) in [7, 11) is 0. The van der Waals surface area contributed by atoms with E-state index in [1.54, 1.807) is 0 Å². The summed E-state index contributed by atoms with van der Waals surface area (Å²) in [6, 6.07) is 10.4. The molecule has 0 saturated carbocycles. The van der Waals surface area contributed by atoms with Crippen LogP contribution in [0, 0.1) is 0 Å². The highest BCUT2D eigenvalue weighted by molar-refractivity contribution is 5.19. The van der Waals surface area contributed by atoms with E-state index in [2.05, 4.69) is 24.4 Å². The van der Waals surface area contributed by atoms with Gasteiger partial charge in [0.2, 0.25) is 0 Å². The van der Waals surface area contributed by atoms with Crippen molar-refractivity contribution >= 4 is 0 Å². The minimum Gasteiger partial charge on any atom is -0.394 e. The molecule has 0 fully saturated rings. The first-order chi connectivity index (χ1) is 8.71. The number of aliphatic hydroxyl groups is 2. The van der Waals surface area contributed by atoms with Gasteiger partial charge in [0.05, 0.1) is 18.8 Å². The molecule has 0 bridgehead atoms. The smallest absolute Gasteiger partial charge is 0.0650 e. The molecule has 0 aliphatic rings. The Hall–Kier alpha value is -0.900. The number of nitrogens with one attached hydrogen (secondary N) is 1. The Morgan fingerprint density at radius 3 is 2.17 bits per heavy atom. The second-order valence-corrected chi connectivity index (χ2v) is 4.85. The summed E-state index contributed by atoms with van der Waals surface area (Å²) in [5, 5.41) is 22.5. The summed E-state index contributed by atoms with van der Waals surface area (Å²) in [4.78, 5) is 0. The van der Waals surface area contributed by atoms with Crippen molar-refractivity contribution in [3.05, 3.63) is 35.9 Å². The Morgan fingerprint density at radius 2 is 1.72 bits per heavy atom. The molecule has 102 valence electrons. The minimum absolute atomic E-state index is 0.0486. The Balaban J connectivity index is 2.86. The number of hydrogen-bond donors (Lipinski definition) is 3. The van der Waals surface area contributed by atoms with E-state index in [0.717, 1.165) is 12.8 Å². The topological polar surface area (TPSA) is 52.5 Å². The van der Waals surface area contributed by atoms with E-state index in [0.29, 0.717) is 6.42 Å². The lowest BCUT2D eigenvalue weighted by molar-refractivity contribution is 0.0761. The largest absolute Gasteiger partial charge is 0.394 e. The minimum atomic E-state index is -0.588. The Morgan fingerprint density at radius 1 is 1.11 bits per heavy atom. The number of benzene rings is 1. The molecule has 0 aliphatic heterocycles. The maximum Gasteiger partial charge on any atom is 0.0650 e. The average molecular weight is 251 g/mol. The Kier molecular flexibility index (Phi) is 6.33. The molecule has 3 heteroatoms. The summed E-state index contributed by atoms with van der Waals surface area (Å²) in [6.07, 6.45) is 2.75. The molecule has 0 aliphatic carbocycles. The van der Waals surface area contributed by atoms with Crippen LogP contribution in [0.4, 0.5) is 0 Å². The summed E-state index contributed by atoms with van der Waals surface area (Å²) in [5.74, 6) is 0. The third-order valence-electron chi connectivity index (χ3n) is 3.54. The molecule has 3 nitrogen and oxygen atoms in total. The van der Waals surface area contributed by atoms with Crippen LogP contribution in [0.15, 0.2) is 30.3 Å². The second-order valence-electron chi connectivity index (χ2n) is 4.85. The van der Waals surface area contributed by atoms with Crippen LogP contribution in [-0.2, 0) is 0 Å². The first-order valence-corrected chi connectivity index (χ1v) is 6.75. The van der Waals surface area contributed by atoms with Crippen LogP contribution in [0.1, 0.15) is 44.7 Å². The van der Waals surface area contributed by atoms with Gasteiger partial charge in [-0.1, -0.05) is 50.6 Å². The van der Waals surface area contributed by atoms with Crippen molar-refractivity contribution in [1.82, 2.24) is 5.32 Å². The zero-order valence-corrected chi connectivity index (χ0v) is 11.4. The van der Waals surface area contributed by atoms with Gasteiger partial charge in [0.25, 0.3) is 0 Å². The van der Waals surface area contributed by atoms with Crippen LogP contribution < -0.4 is 5.32 Å². The van der Waals surface area contributed by atoms with Crippen LogP contribution in [0.3, 0.4) is 0 Å². The van der Waals surface area contributed by atoms with E-state index in [-0.39, 0.29) is 19.3 Å². The predicted octanol–water partition coefficient (Wildman–Crippen LogP) is 2.25. The van der Waals surface area contributed by atoms with E-state index in [1.807, 2.05) is 25.1 Å². The fourth-order valence-electron chi connectivity index (χ4n) is 2.13. The standard InChI is InChI=1S/C15H25NO2/c1-3-8-14(13-9-6-5-7-10-13)16-15(4-2,11-17)12-18/h5-7,9-10,14,16-18H,3-4,8,11-12H2,1-2H3. The maximum atomic E-state index is 9.52. The SMILES string of the molecule is CCCC(NC(CC)(CO)CO)c1ccccc1. The molecule has 0 saturated heterocycles. The van der Waals surface area contributed by atoms with Gasteiger partial charge in [0.15, 0.2) is 0 Å². The molecule has 0 amide bonds. The van der Waals surface area contributed by atoms with Gasteiger partial charge < -0.3 is 15.5 Å². The zero-order valence-electron chi connectivity index (χ0n) is 11.4. The van der Waals surface area contributed by atoms with E-state index in [1.165, 1.54) is 5.56 Å². The van der Waals surface area contributed by atoms with Gasteiger partial charge in [-0.05, 0) is 18.4 Å². The highest BCUT2D eigenvalue weighted by Crippen LogP contribution is 2.23. The van der Waals surface area contributed by atoms with Crippen molar-refractivity contribution in [1.29, 1.82) is 0 Å². The van der Waals surface area contributed by atoms with Gasteiger partial charge in [-0.15, -0.1) is 0 Å². The van der Waals surface area contributed by atoms with Gasteiger partial charge >= 0.3 is 0 Å². The average Bonchev–Trinajstić information content (AvgIpc) is 2.45. The van der Waals surface area contributed by atoms with Gasteiger partial charge in [-0.3, -0.25) is 0 Å². The highest BCUT2D eigenvalue weighted by Gasteiger charge is 2.29. The van der Waals surface area contributed by atoms with Gasteiger partial charge in [-0.2, -0.15) is 0 Å². The van der Waals surface area contributed by atoms with Gasteiger partial charge in [0.1, 0.15) is 0 Å². The molecule has 1 aromatic carbocycles. The van der Waals surface area contributed by atoms with Crippen LogP contribution in [0.25, 0.3) is 0 Å². The molecule has 0 heterocycles. The number of rotatable bonds is 8. The molecule has 1 aromatic rings. The monoisotopic (exact) mass is 251 g/mol. The summed E-state index contributed by atoms with van der Waals surface area (Å²) >= 11 is 0. The molecule has 0 spiro atoms. The first-order valence-electron chi connectivity index (χ1n) is 6.75. The Labute approximate surface area is 110 Å². The van der Waals surface area contributed by atoms with Crippen molar-refractivity contribution in [2.75, 3.05) is 13.2 Å². The predicted molar refractivity (Wildman–Crippen MR) is 74.4 cm³/mol. The molecule has 0 aromatic heterocycles. The van der Waals surface area contributed by atoms with Crippen molar-refractivity contribution in [3.8, 4) is 0 Å². The Bertz CT molecular complexity index is 314. The van der Waals surface area contributed by atoms with Crippen LogP contribution in [0.5, 0.6) is 0 Å². The quantitative estimate of drug-likeness (QED) is 0.664. The maximum absolute atomic E-state index is 9.52. The molecule has 1 atom stereocenters. The van der Waals surface area contributed by atoms with E-state index in [4.69, 9.17) is 0 Å². The fraction of sp³-hybridized carbons (Fsp3) is 0.600. The fourth-order valence-corrected chi connectivity index (χ4v) is 2.13. The van der Waals surface area contributed by atoms with Crippen LogP contribution in [-0.4, -0.2) is 29.0 Å². The molecule has 3 N–H and O–H groups in total. The third kappa shape index (κ3) is 3.80. The lowest BCUT2D eigenvalue weighted by atomic mass is 9.93. The molecular weight excluding hydrogens is 226 g/mol. The van der Waals surface area contributed by atoms with Crippen molar-refractivity contribution < 1.29 is 10.2 Å². The van der Waals surface area contributed by atoms with Gasteiger partial charge in [-0.25, -0.2) is 0 Å². The third-order valence-corrected chi connectivity index (χ3v) is 3.54. The number of hydrogen-bond acceptors (Lipinski definition) is 3. The normalized spacial score (nSPS) is 13.6. The van der Waals surface area contributed by atoms with Crippen molar-refractivity contribution in [2.24, 2.45) is 0 Å². The molecule has 0 radical (unpaired) electrons.